The third-order valence-corrected chi connectivity index (χ3v) is 5.12. The molecule has 0 aliphatic heterocycles. The molecule has 0 radical (unpaired) electrons. The van der Waals surface area contributed by atoms with E-state index in [-0.39, 0.29) is 22.5 Å². The standard InChI is InChI=1S/C23H19F3N2O5/c1-33-21(30)22(16-5-3-2-4-6-16,20(29)15-7-13-19(14-8-15)28(31)32)27-18-11-9-17(10-12-18)23(24,25)26/h2-14,20,27,29H,1H3. The number of methoxy groups -OCH3 is 1. The van der Waals surface area contributed by atoms with Gasteiger partial charge in [-0.25, -0.2) is 4.79 Å². The molecule has 0 aromatic heterocycles. The Morgan fingerprint density at radius 1 is 0.970 bits per heavy atom. The van der Waals surface area contributed by atoms with Crippen LogP contribution in [0.1, 0.15) is 22.8 Å². The summed E-state index contributed by atoms with van der Waals surface area (Å²) in [6, 6.07) is 16.9. The van der Waals surface area contributed by atoms with Crippen LogP contribution < -0.4 is 5.32 Å². The van der Waals surface area contributed by atoms with E-state index in [1.54, 1.807) is 30.3 Å². The lowest BCUT2D eigenvalue weighted by Crippen LogP contribution is -2.49. The summed E-state index contributed by atoms with van der Waals surface area (Å²) in [5, 5.41) is 25.2. The van der Waals surface area contributed by atoms with Crippen molar-refractivity contribution in [2.75, 3.05) is 12.4 Å². The highest BCUT2D eigenvalue weighted by Gasteiger charge is 2.49. The number of aliphatic hydroxyl groups excluding tert-OH is 1. The first-order valence-electron chi connectivity index (χ1n) is 9.61. The molecule has 3 rings (SSSR count). The van der Waals surface area contributed by atoms with Gasteiger partial charge in [0.15, 0.2) is 5.54 Å². The van der Waals surface area contributed by atoms with E-state index in [9.17, 15) is 33.2 Å². The fourth-order valence-corrected chi connectivity index (χ4v) is 3.44. The average Bonchev–Trinajstić information content (AvgIpc) is 2.82. The van der Waals surface area contributed by atoms with Crippen LogP contribution in [-0.2, 0) is 21.2 Å². The van der Waals surface area contributed by atoms with Crippen molar-refractivity contribution >= 4 is 17.3 Å². The fraction of sp³-hybridized carbons (Fsp3) is 0.174. The second-order valence-electron chi connectivity index (χ2n) is 7.12. The highest BCUT2D eigenvalue weighted by molar-refractivity contribution is 5.87. The van der Waals surface area contributed by atoms with Gasteiger partial charge in [0.1, 0.15) is 6.10 Å². The number of hydrogen-bond acceptors (Lipinski definition) is 6. The predicted octanol–water partition coefficient (Wildman–Crippen LogP) is 4.83. The molecule has 0 saturated heterocycles. The number of nitro benzene ring substituents is 1. The first-order chi connectivity index (χ1) is 15.6. The number of aliphatic hydroxyl groups is 1. The number of halogens is 3. The molecule has 10 heteroatoms. The number of nitrogens with zero attached hydrogens (tertiary/aromatic N) is 1. The van der Waals surface area contributed by atoms with E-state index < -0.39 is 34.3 Å². The number of rotatable bonds is 7. The summed E-state index contributed by atoms with van der Waals surface area (Å²) < 4.78 is 43.9. The Morgan fingerprint density at radius 2 is 1.55 bits per heavy atom. The molecule has 0 bridgehead atoms. The van der Waals surface area contributed by atoms with Gasteiger partial charge in [0.25, 0.3) is 5.69 Å². The number of nitrogens with one attached hydrogen (secondary N) is 1. The maximum absolute atomic E-state index is 13.1. The summed E-state index contributed by atoms with van der Waals surface area (Å²) in [6.07, 6.45) is -6.18. The second-order valence-corrected chi connectivity index (χ2v) is 7.12. The molecule has 2 unspecified atom stereocenters. The van der Waals surface area contributed by atoms with Crippen molar-refractivity contribution in [1.29, 1.82) is 0 Å². The topological polar surface area (TPSA) is 102 Å². The van der Waals surface area contributed by atoms with Gasteiger partial charge in [-0.3, -0.25) is 10.1 Å². The third kappa shape index (κ3) is 4.80. The number of hydrogen-bond donors (Lipinski definition) is 2. The molecule has 0 heterocycles. The van der Waals surface area contributed by atoms with Crippen LogP contribution in [0.5, 0.6) is 0 Å². The van der Waals surface area contributed by atoms with Crippen LogP contribution >= 0.6 is 0 Å². The minimum absolute atomic E-state index is 0.109. The zero-order chi connectivity index (χ0) is 24.2. The van der Waals surface area contributed by atoms with Crippen molar-refractivity contribution in [3.8, 4) is 0 Å². The highest BCUT2D eigenvalue weighted by atomic mass is 19.4. The second kappa shape index (κ2) is 9.29. The van der Waals surface area contributed by atoms with Crippen LogP contribution in [0.3, 0.4) is 0 Å². The number of non-ortho nitro benzene ring substituents is 1. The first-order valence-corrected chi connectivity index (χ1v) is 9.61. The number of carbonyl (C=O) groups excluding carboxylic acids is 1. The Bertz CT molecular complexity index is 1120. The largest absolute Gasteiger partial charge is 0.467 e. The van der Waals surface area contributed by atoms with E-state index in [1.165, 1.54) is 24.3 Å². The summed E-state index contributed by atoms with van der Waals surface area (Å²) in [4.78, 5) is 23.5. The summed E-state index contributed by atoms with van der Waals surface area (Å²) in [7, 11) is 1.11. The number of esters is 1. The average molecular weight is 460 g/mol. The molecular weight excluding hydrogens is 441 g/mol. The summed E-state index contributed by atoms with van der Waals surface area (Å²) in [5.74, 6) is -0.917. The molecule has 0 amide bonds. The quantitative estimate of drug-likeness (QED) is 0.298. The highest BCUT2D eigenvalue weighted by Crippen LogP contribution is 2.40. The number of anilines is 1. The van der Waals surface area contributed by atoms with Gasteiger partial charge in [-0.2, -0.15) is 13.2 Å². The van der Waals surface area contributed by atoms with Crippen molar-refractivity contribution in [2.24, 2.45) is 0 Å². The first kappa shape index (κ1) is 23.7. The maximum Gasteiger partial charge on any atom is 0.416 e. The lowest BCUT2D eigenvalue weighted by Gasteiger charge is -2.37. The molecule has 2 atom stereocenters. The molecule has 7 nitrogen and oxygen atoms in total. The molecule has 0 aliphatic carbocycles. The van der Waals surface area contributed by atoms with Crippen molar-refractivity contribution in [3.63, 3.8) is 0 Å². The van der Waals surface area contributed by atoms with Gasteiger partial charge >= 0.3 is 12.1 Å². The monoisotopic (exact) mass is 460 g/mol. The normalized spacial score (nSPS) is 14.1. The van der Waals surface area contributed by atoms with Crippen LogP contribution in [0, 0.1) is 10.1 Å². The lowest BCUT2D eigenvalue weighted by molar-refractivity contribution is -0.384. The van der Waals surface area contributed by atoms with Gasteiger partial charge in [-0.05, 0) is 47.5 Å². The van der Waals surface area contributed by atoms with E-state index >= 15 is 0 Å². The van der Waals surface area contributed by atoms with Crippen molar-refractivity contribution in [3.05, 3.63) is 106 Å². The van der Waals surface area contributed by atoms with Gasteiger partial charge in [0.2, 0.25) is 0 Å². The summed E-state index contributed by atoms with van der Waals surface area (Å²) in [5.41, 5.74) is -2.56. The zero-order valence-electron chi connectivity index (χ0n) is 17.2. The Hall–Kier alpha value is -3.92. The zero-order valence-corrected chi connectivity index (χ0v) is 17.2. The fourth-order valence-electron chi connectivity index (χ4n) is 3.44. The van der Waals surface area contributed by atoms with Gasteiger partial charge in [-0.15, -0.1) is 0 Å². The van der Waals surface area contributed by atoms with Crippen LogP contribution in [-0.4, -0.2) is 23.1 Å². The predicted molar refractivity (Wildman–Crippen MR) is 113 cm³/mol. The molecule has 2 N–H and O–H groups in total. The number of alkyl halides is 3. The Labute approximate surface area is 186 Å². The van der Waals surface area contributed by atoms with Gasteiger partial charge < -0.3 is 15.2 Å². The molecule has 0 fully saturated rings. The summed E-state index contributed by atoms with van der Waals surface area (Å²) >= 11 is 0. The maximum atomic E-state index is 13.1. The Kier molecular flexibility index (Phi) is 6.68. The third-order valence-electron chi connectivity index (χ3n) is 5.12. The molecule has 172 valence electrons. The summed E-state index contributed by atoms with van der Waals surface area (Å²) in [6.45, 7) is 0. The van der Waals surface area contributed by atoms with Crippen LogP contribution in [0.25, 0.3) is 0 Å². The number of carbonyl (C=O) groups is 1. The molecule has 0 spiro atoms. The van der Waals surface area contributed by atoms with Gasteiger partial charge in [0.05, 0.1) is 17.6 Å². The minimum Gasteiger partial charge on any atom is -0.467 e. The van der Waals surface area contributed by atoms with E-state index in [0.717, 1.165) is 31.4 Å². The van der Waals surface area contributed by atoms with E-state index in [2.05, 4.69) is 5.32 Å². The molecule has 0 aliphatic rings. The van der Waals surface area contributed by atoms with Gasteiger partial charge in [-0.1, -0.05) is 30.3 Å². The molecule has 3 aromatic carbocycles. The van der Waals surface area contributed by atoms with Crippen LogP contribution in [0.4, 0.5) is 24.5 Å². The Morgan fingerprint density at radius 3 is 2.03 bits per heavy atom. The molecule has 33 heavy (non-hydrogen) atoms. The van der Waals surface area contributed by atoms with Gasteiger partial charge in [0, 0.05) is 17.8 Å². The van der Waals surface area contributed by atoms with E-state index in [1.807, 2.05) is 0 Å². The molecule has 0 saturated carbocycles. The molecular formula is C23H19F3N2O5. The molecule has 3 aromatic rings. The van der Waals surface area contributed by atoms with Crippen LogP contribution in [0.2, 0.25) is 0 Å². The SMILES string of the molecule is COC(=O)C(Nc1ccc(C(F)(F)F)cc1)(c1ccccc1)C(O)c1ccc([N+](=O)[O-])cc1. The smallest absolute Gasteiger partial charge is 0.416 e. The lowest BCUT2D eigenvalue weighted by atomic mass is 9.80. The van der Waals surface area contributed by atoms with Crippen LogP contribution in [0.15, 0.2) is 78.9 Å². The van der Waals surface area contributed by atoms with Crippen molar-refractivity contribution in [1.82, 2.24) is 0 Å². The van der Waals surface area contributed by atoms with E-state index in [0.29, 0.717) is 0 Å². The van der Waals surface area contributed by atoms with Crippen molar-refractivity contribution < 1.29 is 32.7 Å². The Balaban J connectivity index is 2.14. The number of ether oxygens (including phenoxy) is 1. The van der Waals surface area contributed by atoms with Crippen molar-refractivity contribution in [2.45, 2.75) is 17.8 Å². The number of nitro groups is 1. The minimum atomic E-state index is -4.55. The number of benzene rings is 3. The van der Waals surface area contributed by atoms with E-state index in [4.69, 9.17) is 4.74 Å².